The van der Waals surface area contributed by atoms with Gasteiger partial charge in [0.25, 0.3) is 0 Å². The average Bonchev–Trinajstić information content (AvgIpc) is 2.95. The molecule has 2 atom stereocenters. The maximum Gasteiger partial charge on any atom is 0.0524 e. The molecule has 0 bridgehead atoms. The lowest BCUT2D eigenvalue weighted by molar-refractivity contribution is 0.425. The highest BCUT2D eigenvalue weighted by atomic mass is 15.3. The van der Waals surface area contributed by atoms with E-state index in [1.54, 1.807) is 0 Å². The molecule has 0 aromatic carbocycles. The third-order valence-corrected chi connectivity index (χ3v) is 4.02. The van der Waals surface area contributed by atoms with Crippen molar-refractivity contribution in [3.05, 3.63) is 18.0 Å². The molecule has 3 heteroatoms. The number of hydrogen-bond donors (Lipinski definition) is 1. The number of hydrogen-bond acceptors (Lipinski definition) is 2. The first-order valence-corrected chi connectivity index (χ1v) is 7.43. The molecule has 1 aromatic heterocycles. The summed E-state index contributed by atoms with van der Waals surface area (Å²) in [5.41, 5.74) is 1.45. The van der Waals surface area contributed by atoms with Crippen molar-refractivity contribution in [3.8, 4) is 0 Å². The second-order valence-corrected chi connectivity index (χ2v) is 5.98. The van der Waals surface area contributed by atoms with E-state index in [9.17, 15) is 0 Å². The standard InChI is InChI=1S/C15H27N3/c1-4-18-11-14(10-17-18)15-7-5-6-13(15)9-16-8-12(2)3/h10-13,15-16H,4-9H2,1-3H3. The number of nitrogens with zero attached hydrogens (tertiary/aromatic N) is 2. The Labute approximate surface area is 111 Å². The molecule has 2 unspecified atom stereocenters. The van der Waals surface area contributed by atoms with Crippen molar-refractivity contribution in [3.63, 3.8) is 0 Å². The second-order valence-electron chi connectivity index (χ2n) is 5.98. The van der Waals surface area contributed by atoms with Crippen molar-refractivity contribution >= 4 is 0 Å². The van der Waals surface area contributed by atoms with Crippen LogP contribution in [0.1, 0.15) is 51.5 Å². The monoisotopic (exact) mass is 249 g/mol. The molecule has 102 valence electrons. The minimum atomic E-state index is 0.727. The Hall–Kier alpha value is -0.830. The first kappa shape index (κ1) is 13.6. The van der Waals surface area contributed by atoms with Crippen molar-refractivity contribution in [1.82, 2.24) is 15.1 Å². The van der Waals surface area contributed by atoms with Gasteiger partial charge in [0.1, 0.15) is 0 Å². The van der Waals surface area contributed by atoms with Crippen LogP contribution in [0.4, 0.5) is 0 Å². The lowest BCUT2D eigenvalue weighted by Crippen LogP contribution is -2.27. The first-order valence-electron chi connectivity index (χ1n) is 7.43. The Morgan fingerprint density at radius 2 is 2.28 bits per heavy atom. The van der Waals surface area contributed by atoms with Crippen LogP contribution in [-0.4, -0.2) is 22.9 Å². The predicted octanol–water partition coefficient (Wildman–Crippen LogP) is 3.03. The van der Waals surface area contributed by atoms with Gasteiger partial charge in [-0.25, -0.2) is 0 Å². The third-order valence-electron chi connectivity index (χ3n) is 4.02. The van der Waals surface area contributed by atoms with Crippen LogP contribution < -0.4 is 5.32 Å². The SMILES string of the molecule is CCn1cc(C2CCCC2CNCC(C)C)cn1. The average molecular weight is 249 g/mol. The van der Waals surface area contributed by atoms with Crippen molar-refractivity contribution < 1.29 is 0 Å². The molecule has 0 aliphatic heterocycles. The van der Waals surface area contributed by atoms with E-state index >= 15 is 0 Å². The fourth-order valence-corrected chi connectivity index (χ4v) is 3.02. The quantitative estimate of drug-likeness (QED) is 0.840. The van der Waals surface area contributed by atoms with E-state index in [1.165, 1.54) is 31.4 Å². The van der Waals surface area contributed by atoms with Gasteiger partial charge in [-0.2, -0.15) is 5.10 Å². The minimum absolute atomic E-state index is 0.727. The van der Waals surface area contributed by atoms with Gasteiger partial charge >= 0.3 is 0 Å². The van der Waals surface area contributed by atoms with Gasteiger partial charge in [-0.15, -0.1) is 0 Å². The molecule has 1 aliphatic rings. The van der Waals surface area contributed by atoms with Crippen LogP contribution in [0.25, 0.3) is 0 Å². The van der Waals surface area contributed by atoms with Crippen molar-refractivity contribution in [2.75, 3.05) is 13.1 Å². The summed E-state index contributed by atoms with van der Waals surface area (Å²) in [7, 11) is 0. The van der Waals surface area contributed by atoms with Gasteiger partial charge in [0, 0.05) is 12.7 Å². The predicted molar refractivity (Wildman–Crippen MR) is 75.7 cm³/mol. The molecule has 0 amide bonds. The summed E-state index contributed by atoms with van der Waals surface area (Å²) < 4.78 is 2.05. The molecule has 0 radical (unpaired) electrons. The molecule has 0 saturated heterocycles. The molecule has 1 fully saturated rings. The fourth-order valence-electron chi connectivity index (χ4n) is 3.02. The maximum atomic E-state index is 4.42. The molecule has 1 aliphatic carbocycles. The normalized spacial score (nSPS) is 24.0. The van der Waals surface area contributed by atoms with Crippen LogP contribution >= 0.6 is 0 Å². The van der Waals surface area contributed by atoms with Crippen LogP contribution in [0.2, 0.25) is 0 Å². The summed E-state index contributed by atoms with van der Waals surface area (Å²) in [5.74, 6) is 2.27. The second kappa shape index (κ2) is 6.37. The van der Waals surface area contributed by atoms with E-state index < -0.39 is 0 Å². The van der Waals surface area contributed by atoms with Gasteiger partial charge in [0.15, 0.2) is 0 Å². The number of nitrogens with one attached hydrogen (secondary N) is 1. The third kappa shape index (κ3) is 3.35. The molecule has 1 N–H and O–H groups in total. The molecule has 1 saturated carbocycles. The molecule has 1 aromatic rings. The Morgan fingerprint density at radius 1 is 1.44 bits per heavy atom. The minimum Gasteiger partial charge on any atom is -0.316 e. The lowest BCUT2D eigenvalue weighted by atomic mass is 9.91. The zero-order valence-corrected chi connectivity index (χ0v) is 12.0. The van der Waals surface area contributed by atoms with E-state index in [0.29, 0.717) is 0 Å². The van der Waals surface area contributed by atoms with Crippen LogP contribution in [0, 0.1) is 11.8 Å². The summed E-state index contributed by atoms with van der Waals surface area (Å²) in [5, 5.41) is 8.04. The molecule has 3 nitrogen and oxygen atoms in total. The zero-order chi connectivity index (χ0) is 13.0. The lowest BCUT2D eigenvalue weighted by Gasteiger charge is -2.19. The Balaban J connectivity index is 1.90. The smallest absolute Gasteiger partial charge is 0.0524 e. The summed E-state index contributed by atoms with van der Waals surface area (Å²) in [6.45, 7) is 9.96. The van der Waals surface area contributed by atoms with E-state index in [-0.39, 0.29) is 0 Å². The van der Waals surface area contributed by atoms with Gasteiger partial charge in [-0.1, -0.05) is 20.3 Å². The largest absolute Gasteiger partial charge is 0.316 e. The molecular weight excluding hydrogens is 222 g/mol. The van der Waals surface area contributed by atoms with Gasteiger partial charge in [0.2, 0.25) is 0 Å². The zero-order valence-electron chi connectivity index (χ0n) is 12.0. The topological polar surface area (TPSA) is 29.9 Å². The number of aromatic nitrogens is 2. The van der Waals surface area contributed by atoms with Crippen molar-refractivity contribution in [1.29, 1.82) is 0 Å². The maximum absolute atomic E-state index is 4.42. The van der Waals surface area contributed by atoms with Crippen molar-refractivity contribution in [2.45, 2.75) is 52.5 Å². The summed E-state index contributed by atoms with van der Waals surface area (Å²) in [6, 6.07) is 0. The van der Waals surface area contributed by atoms with Gasteiger partial charge in [-0.05, 0) is 56.2 Å². The Kier molecular flexibility index (Phi) is 4.81. The molecule has 1 heterocycles. The molecular formula is C15H27N3. The van der Waals surface area contributed by atoms with E-state index in [1.807, 2.05) is 4.68 Å². The van der Waals surface area contributed by atoms with Crippen LogP contribution in [0.15, 0.2) is 12.4 Å². The van der Waals surface area contributed by atoms with Crippen LogP contribution in [0.3, 0.4) is 0 Å². The Morgan fingerprint density at radius 3 is 2.94 bits per heavy atom. The summed E-state index contributed by atoms with van der Waals surface area (Å²) >= 11 is 0. The van der Waals surface area contributed by atoms with Crippen LogP contribution in [-0.2, 0) is 6.54 Å². The summed E-state index contributed by atoms with van der Waals surface area (Å²) in [4.78, 5) is 0. The van der Waals surface area contributed by atoms with Gasteiger partial charge in [0.05, 0.1) is 6.20 Å². The first-order chi connectivity index (χ1) is 8.70. The van der Waals surface area contributed by atoms with Crippen molar-refractivity contribution in [2.24, 2.45) is 11.8 Å². The van der Waals surface area contributed by atoms with Crippen LogP contribution in [0.5, 0.6) is 0 Å². The highest BCUT2D eigenvalue weighted by Crippen LogP contribution is 2.39. The highest BCUT2D eigenvalue weighted by molar-refractivity contribution is 5.14. The van der Waals surface area contributed by atoms with E-state index in [4.69, 9.17) is 0 Å². The number of rotatable bonds is 6. The fraction of sp³-hybridized carbons (Fsp3) is 0.800. The number of aryl methyl sites for hydroxylation is 1. The van der Waals surface area contributed by atoms with Gasteiger partial charge in [-0.3, -0.25) is 4.68 Å². The molecule has 18 heavy (non-hydrogen) atoms. The van der Waals surface area contributed by atoms with E-state index in [2.05, 4.69) is 43.6 Å². The summed E-state index contributed by atoms with van der Waals surface area (Å²) in [6.07, 6.45) is 8.40. The highest BCUT2D eigenvalue weighted by Gasteiger charge is 2.29. The van der Waals surface area contributed by atoms with Gasteiger partial charge < -0.3 is 5.32 Å². The Bertz CT molecular complexity index is 356. The molecule has 2 rings (SSSR count). The molecule has 0 spiro atoms. The van der Waals surface area contributed by atoms with E-state index in [0.717, 1.165) is 30.8 Å².